The molecule has 7 heteroatoms. The fourth-order valence-corrected chi connectivity index (χ4v) is 1.85. The van der Waals surface area contributed by atoms with Crippen LogP contribution in [0.4, 0.5) is 4.39 Å². The van der Waals surface area contributed by atoms with Gasteiger partial charge in [-0.15, -0.1) is 5.10 Å². The van der Waals surface area contributed by atoms with E-state index < -0.39 is 11.8 Å². The molecule has 0 spiro atoms. The molecular weight excluding hydrogens is 273 g/mol. The van der Waals surface area contributed by atoms with E-state index >= 15 is 0 Å². The van der Waals surface area contributed by atoms with Crippen LogP contribution in [-0.4, -0.2) is 26.1 Å². The summed E-state index contributed by atoms with van der Waals surface area (Å²) in [5.74, 6) is -1.30. The van der Waals surface area contributed by atoms with Gasteiger partial charge in [0.1, 0.15) is 5.82 Å². The van der Waals surface area contributed by atoms with Crippen molar-refractivity contribution in [3.05, 3.63) is 40.9 Å². The molecule has 2 rings (SSSR count). The third-order valence-corrected chi connectivity index (χ3v) is 2.69. The van der Waals surface area contributed by atoms with Crippen LogP contribution in [0.25, 0.3) is 5.69 Å². The van der Waals surface area contributed by atoms with Gasteiger partial charge in [0, 0.05) is 11.4 Å². The Bertz CT molecular complexity index is 580. The molecular formula is C12H11ClFN3O2. The average molecular weight is 284 g/mol. The number of hydrogen-bond donors (Lipinski definition) is 1. The van der Waals surface area contributed by atoms with Crippen molar-refractivity contribution in [1.82, 2.24) is 15.0 Å². The molecule has 0 radical (unpaired) electrons. The summed E-state index contributed by atoms with van der Waals surface area (Å²) >= 11 is 5.76. The molecule has 0 saturated carbocycles. The third-order valence-electron chi connectivity index (χ3n) is 2.48. The minimum Gasteiger partial charge on any atom is -0.481 e. The highest BCUT2D eigenvalue weighted by atomic mass is 35.5. The molecule has 0 bridgehead atoms. The van der Waals surface area contributed by atoms with Gasteiger partial charge in [-0.25, -0.2) is 9.07 Å². The number of benzene rings is 1. The predicted molar refractivity (Wildman–Crippen MR) is 66.9 cm³/mol. The van der Waals surface area contributed by atoms with Crippen molar-refractivity contribution in [3.63, 3.8) is 0 Å². The number of aryl methyl sites for hydroxylation is 1. The molecule has 100 valence electrons. The fraction of sp³-hybridized carbons (Fsp3) is 0.250. The zero-order valence-electron chi connectivity index (χ0n) is 9.88. The minimum absolute atomic E-state index is 0.0820. The van der Waals surface area contributed by atoms with E-state index in [4.69, 9.17) is 16.7 Å². The molecule has 0 aliphatic carbocycles. The average Bonchev–Trinajstić information content (AvgIpc) is 2.76. The lowest BCUT2D eigenvalue weighted by atomic mass is 10.2. The smallest absolute Gasteiger partial charge is 0.303 e. The molecule has 19 heavy (non-hydrogen) atoms. The first-order chi connectivity index (χ1) is 9.04. The molecule has 2 aromatic rings. The first-order valence-electron chi connectivity index (χ1n) is 5.64. The second-order valence-corrected chi connectivity index (χ2v) is 4.47. The monoisotopic (exact) mass is 283 g/mol. The minimum atomic E-state index is -0.843. The molecule has 0 fully saturated rings. The molecule has 0 atom stereocenters. The molecule has 1 aromatic carbocycles. The summed E-state index contributed by atoms with van der Waals surface area (Å²) in [7, 11) is 0. The van der Waals surface area contributed by atoms with Gasteiger partial charge in [-0.2, -0.15) is 0 Å². The van der Waals surface area contributed by atoms with E-state index in [1.807, 2.05) is 0 Å². The van der Waals surface area contributed by atoms with Gasteiger partial charge in [0.2, 0.25) is 0 Å². The van der Waals surface area contributed by atoms with Crippen LogP contribution in [0.5, 0.6) is 0 Å². The standard InChI is InChI=1S/C12H11ClFN3O2/c13-8-4-9(14)6-11(5-8)17-7-10(15-16-17)2-1-3-12(18)19/h4-7H,1-3H2,(H,18,19). The normalized spacial score (nSPS) is 10.6. The van der Waals surface area contributed by atoms with E-state index in [0.29, 0.717) is 24.2 Å². The van der Waals surface area contributed by atoms with Gasteiger partial charge in [0.05, 0.1) is 17.6 Å². The first-order valence-corrected chi connectivity index (χ1v) is 6.02. The summed E-state index contributed by atoms with van der Waals surface area (Å²) in [5, 5.41) is 16.6. The van der Waals surface area contributed by atoms with Gasteiger partial charge in [-0.3, -0.25) is 4.79 Å². The second kappa shape index (κ2) is 5.79. The predicted octanol–water partition coefficient (Wildman–Crippen LogP) is 2.47. The van der Waals surface area contributed by atoms with Gasteiger partial charge < -0.3 is 5.11 Å². The molecule has 0 amide bonds. The number of aromatic nitrogens is 3. The maximum Gasteiger partial charge on any atom is 0.303 e. The van der Waals surface area contributed by atoms with Gasteiger partial charge in [0.15, 0.2) is 0 Å². The maximum absolute atomic E-state index is 13.2. The fourth-order valence-electron chi connectivity index (χ4n) is 1.63. The quantitative estimate of drug-likeness (QED) is 0.915. The summed E-state index contributed by atoms with van der Waals surface area (Å²) in [6.45, 7) is 0. The van der Waals surface area contributed by atoms with Crippen LogP contribution >= 0.6 is 11.6 Å². The third kappa shape index (κ3) is 3.75. The Kier molecular flexibility index (Phi) is 4.11. The lowest BCUT2D eigenvalue weighted by molar-refractivity contribution is -0.137. The lowest BCUT2D eigenvalue weighted by Crippen LogP contribution is -1.96. The van der Waals surface area contributed by atoms with Crippen LogP contribution in [-0.2, 0) is 11.2 Å². The van der Waals surface area contributed by atoms with E-state index in [1.165, 1.54) is 16.8 Å². The zero-order valence-corrected chi connectivity index (χ0v) is 10.6. The highest BCUT2D eigenvalue weighted by molar-refractivity contribution is 6.30. The van der Waals surface area contributed by atoms with Gasteiger partial charge >= 0.3 is 5.97 Å². The highest BCUT2D eigenvalue weighted by Gasteiger charge is 2.06. The summed E-state index contributed by atoms with van der Waals surface area (Å²) in [6, 6.07) is 4.07. The summed E-state index contributed by atoms with van der Waals surface area (Å²) in [4.78, 5) is 10.4. The van der Waals surface area contributed by atoms with Crippen LogP contribution in [0.15, 0.2) is 24.4 Å². The molecule has 0 unspecified atom stereocenters. The Hall–Kier alpha value is -1.95. The molecule has 0 aliphatic rings. The van der Waals surface area contributed by atoms with Crippen molar-refractivity contribution in [2.75, 3.05) is 0 Å². The second-order valence-electron chi connectivity index (χ2n) is 4.03. The van der Waals surface area contributed by atoms with Gasteiger partial charge in [0.25, 0.3) is 0 Å². The van der Waals surface area contributed by atoms with E-state index in [9.17, 15) is 9.18 Å². The number of halogens is 2. The van der Waals surface area contributed by atoms with Crippen molar-refractivity contribution in [1.29, 1.82) is 0 Å². The first kappa shape index (κ1) is 13.5. The Balaban J connectivity index is 2.09. The zero-order chi connectivity index (χ0) is 13.8. The van der Waals surface area contributed by atoms with Crippen LogP contribution < -0.4 is 0 Å². The summed E-state index contributed by atoms with van der Waals surface area (Å²) < 4.78 is 14.6. The molecule has 1 N–H and O–H groups in total. The largest absolute Gasteiger partial charge is 0.481 e. The molecule has 1 aromatic heterocycles. The number of nitrogens with zero attached hydrogens (tertiary/aromatic N) is 3. The van der Waals surface area contributed by atoms with Crippen molar-refractivity contribution in [2.24, 2.45) is 0 Å². The Morgan fingerprint density at radius 1 is 1.42 bits per heavy atom. The van der Waals surface area contributed by atoms with Crippen LogP contribution in [0.2, 0.25) is 5.02 Å². The van der Waals surface area contributed by atoms with Gasteiger partial charge in [-0.1, -0.05) is 16.8 Å². The van der Waals surface area contributed by atoms with Crippen LogP contribution in [0, 0.1) is 5.82 Å². The lowest BCUT2D eigenvalue weighted by Gasteiger charge is -2.00. The molecule has 1 heterocycles. The van der Waals surface area contributed by atoms with Gasteiger partial charge in [-0.05, 0) is 31.0 Å². The Labute approximate surface area is 113 Å². The number of rotatable bonds is 5. The van der Waals surface area contributed by atoms with E-state index in [2.05, 4.69) is 10.3 Å². The van der Waals surface area contributed by atoms with Crippen LogP contribution in [0.1, 0.15) is 18.5 Å². The SMILES string of the molecule is O=C(O)CCCc1cn(-c2cc(F)cc(Cl)c2)nn1. The van der Waals surface area contributed by atoms with Crippen molar-refractivity contribution in [3.8, 4) is 5.69 Å². The molecule has 0 aliphatic heterocycles. The van der Waals surface area contributed by atoms with E-state index in [1.54, 1.807) is 12.3 Å². The number of hydrogen-bond acceptors (Lipinski definition) is 3. The number of carbonyl (C=O) groups is 1. The Morgan fingerprint density at radius 2 is 2.21 bits per heavy atom. The highest BCUT2D eigenvalue weighted by Crippen LogP contribution is 2.17. The summed E-state index contributed by atoms with van der Waals surface area (Å²) in [6.07, 6.45) is 2.71. The van der Waals surface area contributed by atoms with Crippen molar-refractivity contribution >= 4 is 17.6 Å². The molecule has 5 nitrogen and oxygen atoms in total. The Morgan fingerprint density at radius 3 is 2.89 bits per heavy atom. The maximum atomic E-state index is 13.2. The van der Waals surface area contributed by atoms with E-state index in [0.717, 1.165) is 0 Å². The summed E-state index contributed by atoms with van der Waals surface area (Å²) in [5.41, 5.74) is 1.13. The topological polar surface area (TPSA) is 68.0 Å². The molecule has 0 saturated heterocycles. The van der Waals surface area contributed by atoms with Crippen molar-refractivity contribution < 1.29 is 14.3 Å². The van der Waals surface area contributed by atoms with E-state index in [-0.39, 0.29) is 11.4 Å². The van der Waals surface area contributed by atoms with Crippen molar-refractivity contribution in [2.45, 2.75) is 19.3 Å². The number of carboxylic acid groups (broad SMARTS) is 1. The number of carboxylic acids is 1. The number of aliphatic carboxylic acids is 1. The van der Waals surface area contributed by atoms with Crippen LogP contribution in [0.3, 0.4) is 0 Å².